The van der Waals surface area contributed by atoms with E-state index >= 15 is 0 Å². The third-order valence-corrected chi connectivity index (χ3v) is 2.71. The van der Waals surface area contributed by atoms with Crippen molar-refractivity contribution in [1.82, 2.24) is 0 Å². The van der Waals surface area contributed by atoms with Crippen LogP contribution in [0, 0.1) is 5.92 Å². The molecule has 0 aliphatic carbocycles. The highest BCUT2D eigenvalue weighted by Gasteiger charge is 2.23. The van der Waals surface area contributed by atoms with Gasteiger partial charge in [0.25, 0.3) is 0 Å². The number of esters is 1. The van der Waals surface area contributed by atoms with Crippen LogP contribution in [0.1, 0.15) is 6.92 Å². The maximum Gasteiger partial charge on any atom is 0.345 e. The predicted molar refractivity (Wildman–Crippen MR) is 58.9 cm³/mol. The van der Waals surface area contributed by atoms with E-state index < -0.39 is 18.0 Å². The van der Waals surface area contributed by atoms with Crippen LogP contribution >= 0.6 is 24.4 Å². The van der Waals surface area contributed by atoms with Crippen LogP contribution in [-0.2, 0) is 14.3 Å². The predicted octanol–water partition coefficient (Wildman–Crippen LogP) is 0.912. The molecule has 0 amide bonds. The lowest BCUT2D eigenvalue weighted by atomic mass is 10.2. The van der Waals surface area contributed by atoms with Crippen molar-refractivity contribution in [3.8, 4) is 0 Å². The maximum absolute atomic E-state index is 11.2. The Morgan fingerprint density at radius 3 is 2.50 bits per heavy atom. The zero-order chi connectivity index (χ0) is 11.1. The van der Waals surface area contributed by atoms with Crippen molar-refractivity contribution in [2.75, 3.05) is 17.8 Å². The van der Waals surface area contributed by atoms with Gasteiger partial charge in [-0.15, -0.1) is 0 Å². The summed E-state index contributed by atoms with van der Waals surface area (Å²) in [6, 6.07) is 0. The summed E-state index contributed by atoms with van der Waals surface area (Å²) in [6.07, 6.45) is 0.700. The zero-order valence-electron chi connectivity index (χ0n) is 8.10. The molecule has 4 nitrogen and oxygen atoms in total. The zero-order valence-corrected chi connectivity index (χ0v) is 9.81. The third kappa shape index (κ3) is 4.76. The largest absolute Gasteiger partial charge is 0.478 e. The minimum Gasteiger partial charge on any atom is -0.478 e. The van der Waals surface area contributed by atoms with Gasteiger partial charge in [-0.05, 0) is 6.26 Å². The normalized spacial score (nSPS) is 14.5. The van der Waals surface area contributed by atoms with Crippen molar-refractivity contribution in [3.63, 3.8) is 0 Å². The first-order chi connectivity index (χ1) is 6.52. The summed E-state index contributed by atoms with van der Waals surface area (Å²) in [5.74, 6) is -1.38. The van der Waals surface area contributed by atoms with Crippen LogP contribution in [0.15, 0.2) is 0 Å². The van der Waals surface area contributed by atoms with E-state index in [2.05, 4.69) is 12.6 Å². The highest BCUT2D eigenvalue weighted by Crippen LogP contribution is 2.07. The molecule has 0 spiro atoms. The minimum atomic E-state index is -1.11. The van der Waals surface area contributed by atoms with Gasteiger partial charge in [0.05, 0.1) is 5.92 Å². The van der Waals surface area contributed by atoms with E-state index in [-0.39, 0.29) is 11.7 Å². The average Bonchev–Trinajstić information content (AvgIpc) is 2.15. The van der Waals surface area contributed by atoms with Crippen molar-refractivity contribution < 1.29 is 19.4 Å². The van der Waals surface area contributed by atoms with E-state index in [9.17, 15) is 9.59 Å². The molecule has 6 heteroatoms. The Bertz CT molecular complexity index is 208. The van der Waals surface area contributed by atoms with Crippen molar-refractivity contribution in [3.05, 3.63) is 0 Å². The molecule has 2 atom stereocenters. The highest BCUT2D eigenvalue weighted by molar-refractivity contribution is 7.98. The van der Waals surface area contributed by atoms with E-state index in [0.717, 1.165) is 0 Å². The van der Waals surface area contributed by atoms with Gasteiger partial charge >= 0.3 is 11.9 Å². The van der Waals surface area contributed by atoms with Crippen LogP contribution in [0.2, 0.25) is 0 Å². The summed E-state index contributed by atoms with van der Waals surface area (Å²) in [6.45, 7) is 1.65. The van der Waals surface area contributed by atoms with Gasteiger partial charge in [0.15, 0.2) is 0 Å². The van der Waals surface area contributed by atoms with Crippen LogP contribution < -0.4 is 0 Å². The minimum absolute atomic E-state index is 0.264. The fourth-order valence-corrected chi connectivity index (χ4v) is 1.30. The number of thiol groups is 1. The second-order valence-electron chi connectivity index (χ2n) is 2.80. The van der Waals surface area contributed by atoms with Crippen LogP contribution in [0.5, 0.6) is 0 Å². The van der Waals surface area contributed by atoms with Gasteiger partial charge in [-0.1, -0.05) is 6.92 Å². The smallest absolute Gasteiger partial charge is 0.345 e. The lowest BCUT2D eigenvalue weighted by Crippen LogP contribution is -2.31. The summed E-state index contributed by atoms with van der Waals surface area (Å²) in [5, 5.41) is 8.70. The lowest BCUT2D eigenvalue weighted by Gasteiger charge is -2.14. The number of carbonyl (C=O) groups is 2. The van der Waals surface area contributed by atoms with Gasteiger partial charge in [0.1, 0.15) is 0 Å². The molecular formula is C8H14O4S2. The number of carbonyl (C=O) groups excluding carboxylic acids is 1. The van der Waals surface area contributed by atoms with Crippen molar-refractivity contribution in [1.29, 1.82) is 0 Å². The summed E-state index contributed by atoms with van der Waals surface area (Å²) < 4.78 is 4.80. The number of ether oxygens (including phenoxy) is 1. The highest BCUT2D eigenvalue weighted by atomic mass is 32.2. The Hall–Kier alpha value is -0.360. The number of aliphatic carboxylic acids is 1. The van der Waals surface area contributed by atoms with Crippen LogP contribution in [-0.4, -0.2) is 40.9 Å². The molecule has 82 valence electrons. The second-order valence-corrected chi connectivity index (χ2v) is 4.08. The van der Waals surface area contributed by atoms with Gasteiger partial charge in [0.2, 0.25) is 6.10 Å². The van der Waals surface area contributed by atoms with Gasteiger partial charge in [-0.2, -0.15) is 24.4 Å². The monoisotopic (exact) mass is 238 g/mol. The number of carboxylic acids is 1. The standard InChI is InChI=1S/C8H14O4S2/c1-5(3-13)8(11)12-6(4-14-2)7(9)10/h5-6,13H,3-4H2,1-2H3,(H,9,10)/t5?,6-/m0/s1. The van der Waals surface area contributed by atoms with E-state index in [1.807, 2.05) is 0 Å². The van der Waals surface area contributed by atoms with Crippen molar-refractivity contribution in [2.24, 2.45) is 5.92 Å². The third-order valence-electron chi connectivity index (χ3n) is 1.53. The number of thioether (sulfide) groups is 1. The second kappa shape index (κ2) is 7.00. The Morgan fingerprint density at radius 1 is 1.57 bits per heavy atom. The molecule has 0 aromatic rings. The lowest BCUT2D eigenvalue weighted by molar-refractivity contribution is -0.164. The topological polar surface area (TPSA) is 63.6 Å². The average molecular weight is 238 g/mol. The van der Waals surface area contributed by atoms with E-state index in [1.165, 1.54) is 11.8 Å². The molecule has 0 bridgehead atoms. The summed E-state index contributed by atoms with van der Waals surface area (Å²) in [4.78, 5) is 21.8. The molecule has 0 heterocycles. The molecule has 0 radical (unpaired) electrons. The van der Waals surface area contributed by atoms with E-state index in [0.29, 0.717) is 5.75 Å². The summed E-state index contributed by atoms with van der Waals surface area (Å²) in [7, 11) is 0. The molecule has 1 unspecified atom stereocenters. The Morgan fingerprint density at radius 2 is 2.14 bits per heavy atom. The fourth-order valence-electron chi connectivity index (χ4n) is 0.638. The quantitative estimate of drug-likeness (QED) is 0.532. The molecule has 0 aliphatic heterocycles. The molecule has 1 N–H and O–H groups in total. The molecule has 0 aromatic carbocycles. The molecule has 0 fully saturated rings. The Kier molecular flexibility index (Phi) is 6.82. The number of rotatable bonds is 6. The Balaban J connectivity index is 4.15. The van der Waals surface area contributed by atoms with Gasteiger partial charge in [0, 0.05) is 11.5 Å². The first-order valence-corrected chi connectivity index (χ1v) is 6.08. The Labute approximate surface area is 92.8 Å². The van der Waals surface area contributed by atoms with E-state index in [4.69, 9.17) is 9.84 Å². The molecule has 0 saturated carbocycles. The molecule has 14 heavy (non-hydrogen) atoms. The first-order valence-electron chi connectivity index (χ1n) is 4.06. The van der Waals surface area contributed by atoms with Crippen molar-refractivity contribution in [2.45, 2.75) is 13.0 Å². The first kappa shape index (κ1) is 13.6. The number of hydrogen-bond acceptors (Lipinski definition) is 5. The summed E-state index contributed by atoms with van der Waals surface area (Å²) >= 11 is 5.25. The molecule has 0 saturated heterocycles. The van der Waals surface area contributed by atoms with Crippen LogP contribution in [0.3, 0.4) is 0 Å². The van der Waals surface area contributed by atoms with Gasteiger partial charge < -0.3 is 9.84 Å². The number of carboxylic acid groups (broad SMARTS) is 1. The van der Waals surface area contributed by atoms with Gasteiger partial charge in [-0.25, -0.2) is 4.79 Å². The summed E-state index contributed by atoms with van der Waals surface area (Å²) in [5.41, 5.74) is 0. The molecule has 0 aliphatic rings. The van der Waals surface area contributed by atoms with Crippen molar-refractivity contribution >= 4 is 36.3 Å². The van der Waals surface area contributed by atoms with E-state index in [1.54, 1.807) is 13.2 Å². The fraction of sp³-hybridized carbons (Fsp3) is 0.750. The maximum atomic E-state index is 11.2. The van der Waals surface area contributed by atoms with Crippen LogP contribution in [0.25, 0.3) is 0 Å². The van der Waals surface area contributed by atoms with Gasteiger partial charge in [-0.3, -0.25) is 4.79 Å². The van der Waals surface area contributed by atoms with Crippen LogP contribution in [0.4, 0.5) is 0 Å². The molecular weight excluding hydrogens is 224 g/mol. The molecule has 0 aromatic heterocycles. The SMILES string of the molecule is CSC[C@H](OC(=O)C(C)CS)C(=O)O. The molecule has 0 rings (SSSR count). The number of hydrogen-bond donors (Lipinski definition) is 2.